The first-order valence-electron chi connectivity index (χ1n) is 8.79. The Bertz CT molecular complexity index is 1170. The van der Waals surface area contributed by atoms with Gasteiger partial charge in [0.1, 0.15) is 10.4 Å². The summed E-state index contributed by atoms with van der Waals surface area (Å²) in [7, 11) is 0. The zero-order chi connectivity index (χ0) is 20.8. The second kappa shape index (κ2) is 7.03. The van der Waals surface area contributed by atoms with Crippen molar-refractivity contribution in [1.29, 1.82) is 0 Å². The van der Waals surface area contributed by atoms with E-state index < -0.39 is 28.9 Å². The Morgan fingerprint density at radius 1 is 1.18 bits per heavy atom. The Balaban J connectivity index is 2.33. The highest BCUT2D eigenvalue weighted by Crippen LogP contribution is 2.28. The number of aromatic nitrogens is 2. The van der Waals surface area contributed by atoms with Gasteiger partial charge >= 0.3 is 11.7 Å². The Morgan fingerprint density at radius 2 is 1.79 bits per heavy atom. The highest BCUT2D eigenvalue weighted by Gasteiger charge is 2.35. The van der Waals surface area contributed by atoms with Gasteiger partial charge in [0.25, 0.3) is 5.56 Å². The summed E-state index contributed by atoms with van der Waals surface area (Å²) >= 11 is 1.29. The number of hydrogen-bond donors (Lipinski definition) is 2. The third-order valence-corrected chi connectivity index (χ3v) is 6.30. The summed E-state index contributed by atoms with van der Waals surface area (Å²) in [5, 5.41) is 20.6. The fourth-order valence-electron chi connectivity index (χ4n) is 3.16. The lowest BCUT2D eigenvalue weighted by atomic mass is 10.1. The molecule has 1 atom stereocenters. The van der Waals surface area contributed by atoms with Crippen LogP contribution in [0.15, 0.2) is 39.9 Å². The largest absolute Gasteiger partial charge is 0.480 e. The molecule has 2 heterocycles. The molecule has 0 bridgehead atoms. The smallest absolute Gasteiger partial charge is 0.333 e. The van der Waals surface area contributed by atoms with E-state index >= 15 is 0 Å². The molecule has 28 heavy (non-hydrogen) atoms. The molecular formula is C20H22N2O5S. The summed E-state index contributed by atoms with van der Waals surface area (Å²) in [6, 6.07) is 8.88. The van der Waals surface area contributed by atoms with Crippen molar-refractivity contribution in [2.45, 2.75) is 45.9 Å². The number of aliphatic carboxylic acids is 1. The van der Waals surface area contributed by atoms with Gasteiger partial charge in [-0.25, -0.2) is 14.2 Å². The Kier molecular flexibility index (Phi) is 5.03. The molecule has 0 saturated heterocycles. The van der Waals surface area contributed by atoms with Crippen molar-refractivity contribution in [2.75, 3.05) is 0 Å². The van der Waals surface area contributed by atoms with E-state index in [2.05, 4.69) is 0 Å². The highest BCUT2D eigenvalue weighted by atomic mass is 32.1. The van der Waals surface area contributed by atoms with Crippen molar-refractivity contribution in [3.63, 3.8) is 0 Å². The normalized spacial score (nSPS) is 13.0. The van der Waals surface area contributed by atoms with Gasteiger partial charge in [-0.15, -0.1) is 11.3 Å². The van der Waals surface area contributed by atoms with E-state index in [0.717, 1.165) is 9.44 Å². The molecule has 0 fully saturated rings. The molecule has 0 aliphatic heterocycles. The van der Waals surface area contributed by atoms with Crippen molar-refractivity contribution in [3.8, 4) is 0 Å². The molecule has 0 spiro atoms. The van der Waals surface area contributed by atoms with Gasteiger partial charge in [-0.2, -0.15) is 0 Å². The van der Waals surface area contributed by atoms with Gasteiger partial charge in [0.05, 0.1) is 18.0 Å². The van der Waals surface area contributed by atoms with Gasteiger partial charge < -0.3 is 10.2 Å². The van der Waals surface area contributed by atoms with Crippen LogP contribution in [0.2, 0.25) is 0 Å². The molecular weight excluding hydrogens is 380 g/mol. The van der Waals surface area contributed by atoms with Gasteiger partial charge in [-0.1, -0.05) is 30.3 Å². The number of rotatable bonds is 5. The summed E-state index contributed by atoms with van der Waals surface area (Å²) in [6.45, 7) is 6.16. The third-order valence-electron chi connectivity index (χ3n) is 5.07. The quantitative estimate of drug-likeness (QED) is 0.682. The topological polar surface area (TPSA) is 102 Å². The maximum absolute atomic E-state index is 13.2. The van der Waals surface area contributed by atoms with Gasteiger partial charge in [0.2, 0.25) is 0 Å². The van der Waals surface area contributed by atoms with Crippen molar-refractivity contribution < 1.29 is 15.0 Å². The molecule has 1 aromatic carbocycles. The highest BCUT2D eigenvalue weighted by molar-refractivity contribution is 7.18. The molecule has 148 valence electrons. The van der Waals surface area contributed by atoms with E-state index in [4.69, 9.17) is 0 Å². The predicted molar refractivity (Wildman–Crippen MR) is 108 cm³/mol. The number of benzene rings is 1. The number of nitrogens with zero attached hydrogens (tertiary/aromatic N) is 2. The zero-order valence-electron chi connectivity index (χ0n) is 16.1. The van der Waals surface area contributed by atoms with Crippen LogP contribution in [0.5, 0.6) is 0 Å². The lowest BCUT2D eigenvalue weighted by Gasteiger charge is -2.24. The molecule has 3 aromatic rings. The van der Waals surface area contributed by atoms with Crippen LogP contribution in [-0.4, -0.2) is 25.3 Å². The number of aryl methyl sites for hydroxylation is 2. The summed E-state index contributed by atoms with van der Waals surface area (Å²) in [5.41, 5.74) is -1.77. The first-order chi connectivity index (χ1) is 13.1. The number of thiophene rings is 1. The minimum atomic E-state index is -1.73. The van der Waals surface area contributed by atoms with E-state index in [0.29, 0.717) is 21.3 Å². The van der Waals surface area contributed by atoms with E-state index in [9.17, 15) is 24.6 Å². The first kappa shape index (κ1) is 20.0. The lowest BCUT2D eigenvalue weighted by molar-refractivity contribution is -0.146. The minimum Gasteiger partial charge on any atom is -0.480 e. The number of aliphatic hydroxyl groups excluding tert-OH is 1. The van der Waals surface area contributed by atoms with Gasteiger partial charge in [0.15, 0.2) is 0 Å². The molecule has 0 amide bonds. The fourth-order valence-corrected chi connectivity index (χ4v) is 4.31. The van der Waals surface area contributed by atoms with E-state index in [1.807, 2.05) is 13.0 Å². The lowest BCUT2D eigenvalue weighted by Crippen LogP contribution is -2.52. The van der Waals surface area contributed by atoms with Crippen molar-refractivity contribution >= 4 is 27.5 Å². The molecule has 0 aliphatic carbocycles. The zero-order valence-corrected chi connectivity index (χ0v) is 16.9. The maximum Gasteiger partial charge on any atom is 0.333 e. The molecule has 7 nitrogen and oxygen atoms in total. The molecule has 2 aromatic heterocycles. The van der Waals surface area contributed by atoms with Crippen LogP contribution >= 0.6 is 11.3 Å². The molecule has 8 heteroatoms. The van der Waals surface area contributed by atoms with Gasteiger partial charge in [-0.05, 0) is 38.8 Å². The van der Waals surface area contributed by atoms with Crippen LogP contribution in [0.25, 0.3) is 10.2 Å². The molecule has 1 unspecified atom stereocenters. The number of carboxylic acid groups (broad SMARTS) is 1. The van der Waals surface area contributed by atoms with Gasteiger partial charge in [-0.3, -0.25) is 9.36 Å². The maximum atomic E-state index is 13.2. The van der Waals surface area contributed by atoms with Crippen LogP contribution in [-0.2, 0) is 16.9 Å². The summed E-state index contributed by atoms with van der Waals surface area (Å²) < 4.78 is 2.08. The molecule has 0 saturated carbocycles. The second-order valence-corrected chi connectivity index (χ2v) is 8.49. The SMILES string of the molecule is Cc1sc2c(c1C)c(=O)n(C(C)(C)C(=O)O)c(=O)n2CC(O)c1ccccc1. The number of carbonyl (C=O) groups is 1. The summed E-state index contributed by atoms with van der Waals surface area (Å²) in [5.74, 6) is -1.29. The van der Waals surface area contributed by atoms with Crippen molar-refractivity contribution in [2.24, 2.45) is 0 Å². The molecule has 0 aliphatic rings. The van der Waals surface area contributed by atoms with Crippen molar-refractivity contribution in [1.82, 2.24) is 9.13 Å². The number of aliphatic hydroxyl groups is 1. The molecule has 2 N–H and O–H groups in total. The van der Waals surface area contributed by atoms with Crippen LogP contribution < -0.4 is 11.2 Å². The first-order valence-corrected chi connectivity index (χ1v) is 9.61. The van der Waals surface area contributed by atoms with Crippen LogP contribution in [0.1, 0.15) is 36.0 Å². The second-order valence-electron chi connectivity index (χ2n) is 7.29. The van der Waals surface area contributed by atoms with E-state index in [1.54, 1.807) is 31.2 Å². The number of carboxylic acids is 1. The average molecular weight is 402 g/mol. The number of fused-ring (bicyclic) bond motifs is 1. The van der Waals surface area contributed by atoms with Crippen LogP contribution in [0.3, 0.4) is 0 Å². The third kappa shape index (κ3) is 3.08. The molecule has 0 radical (unpaired) electrons. The summed E-state index contributed by atoms with van der Waals surface area (Å²) in [4.78, 5) is 39.3. The Hall–Kier alpha value is -2.71. The standard InChI is InChI=1S/C20H22N2O5S/c1-11-12(2)28-17-15(11)16(24)22(20(3,4)18(25)26)19(27)21(17)10-14(23)13-8-6-5-7-9-13/h5-9,14,23H,10H2,1-4H3,(H,25,26). The summed E-state index contributed by atoms with van der Waals surface area (Å²) in [6.07, 6.45) is -0.983. The average Bonchev–Trinajstić information content (AvgIpc) is 2.94. The van der Waals surface area contributed by atoms with Crippen LogP contribution in [0.4, 0.5) is 0 Å². The monoisotopic (exact) mass is 402 g/mol. The van der Waals surface area contributed by atoms with Gasteiger partial charge in [0, 0.05) is 4.88 Å². The minimum absolute atomic E-state index is 0.0886. The Morgan fingerprint density at radius 3 is 2.36 bits per heavy atom. The predicted octanol–water partition coefficient (Wildman–Crippen LogP) is 2.39. The Labute approximate surface area is 165 Å². The van der Waals surface area contributed by atoms with Crippen molar-refractivity contribution in [3.05, 3.63) is 67.2 Å². The number of hydrogen-bond acceptors (Lipinski definition) is 5. The fraction of sp³-hybridized carbons (Fsp3) is 0.350. The van der Waals surface area contributed by atoms with E-state index in [1.165, 1.54) is 29.8 Å². The molecule has 3 rings (SSSR count). The van der Waals surface area contributed by atoms with Crippen LogP contribution in [0, 0.1) is 13.8 Å². The van der Waals surface area contributed by atoms with E-state index in [-0.39, 0.29) is 6.54 Å².